The van der Waals surface area contributed by atoms with E-state index in [-0.39, 0.29) is 23.6 Å². The highest BCUT2D eigenvalue weighted by Crippen LogP contribution is 2.44. The highest BCUT2D eigenvalue weighted by atomic mass is 35.5. The molecule has 0 bridgehead atoms. The molecular weight excluding hydrogens is 1040 g/mol. The van der Waals surface area contributed by atoms with Crippen molar-refractivity contribution in [3.63, 3.8) is 0 Å². The van der Waals surface area contributed by atoms with E-state index in [4.69, 9.17) is 21.1 Å². The molecule has 4 aliphatic rings. The summed E-state index contributed by atoms with van der Waals surface area (Å²) in [4.78, 5) is 34.4. The van der Waals surface area contributed by atoms with E-state index in [2.05, 4.69) is 46.0 Å². The molecule has 8 rings (SSSR count). The first kappa shape index (κ1) is 55.2. The second-order valence-electron chi connectivity index (χ2n) is 21.1. The van der Waals surface area contributed by atoms with Crippen molar-refractivity contribution < 1.29 is 49.1 Å². The number of hydrogen-bond acceptors (Lipinski definition) is 13. The summed E-state index contributed by atoms with van der Waals surface area (Å²) in [7, 11) is -11.1. The van der Waals surface area contributed by atoms with Gasteiger partial charge < -0.3 is 24.6 Å². The SMILES string of the molecule is CC1(C)CCC(c2ccc(Cl)cc2)=C(CN2CCN3c4ccc(C(=O)S(=O)(=O)Nc5ccc(N[C@H](CCN6CCN(C(=O)OC(C)(C)C)CC6)CSc6ccccc6)c(S(=O)(=O)C(F)(F)F)c5)cc4OC[C@@H]3C2)C1. The number of sulfone groups is 1. The Balaban J connectivity index is 0.951. The number of sulfonamides is 1. The fraction of sp³-hybridized carbons (Fsp3) is 0.472. The van der Waals surface area contributed by atoms with Gasteiger partial charge in [-0.2, -0.15) is 21.6 Å². The molecule has 0 aromatic heterocycles. The summed E-state index contributed by atoms with van der Waals surface area (Å²) in [5.74, 6) is 0.635. The lowest BCUT2D eigenvalue weighted by atomic mass is 9.72. The molecule has 4 aromatic carbocycles. The Bertz CT molecular complexity index is 2950. The number of ether oxygens (including phenoxy) is 2. The van der Waals surface area contributed by atoms with Crippen LogP contribution in [0.1, 0.15) is 76.2 Å². The van der Waals surface area contributed by atoms with Crippen molar-refractivity contribution >= 4 is 77.1 Å². The third-order valence-electron chi connectivity index (χ3n) is 13.7. The number of amides is 1. The maximum Gasteiger partial charge on any atom is 0.501 e. The lowest BCUT2D eigenvalue weighted by Crippen LogP contribution is -2.57. The summed E-state index contributed by atoms with van der Waals surface area (Å²) in [6.45, 7) is 15.5. The normalized spacial score (nSPS) is 19.2. The van der Waals surface area contributed by atoms with Gasteiger partial charge in [0.1, 0.15) is 22.9 Å². The summed E-state index contributed by atoms with van der Waals surface area (Å²) in [5.41, 5.74) is -2.76. The van der Waals surface area contributed by atoms with Crippen LogP contribution in [0.25, 0.3) is 5.57 Å². The van der Waals surface area contributed by atoms with Crippen LogP contribution < -0.4 is 19.7 Å². The van der Waals surface area contributed by atoms with E-state index in [1.54, 1.807) is 31.7 Å². The molecule has 2 atom stereocenters. The number of benzene rings is 4. The number of fused-ring (bicyclic) bond motifs is 3. The average Bonchev–Trinajstić information content (AvgIpc) is 3.34. The third-order valence-corrected chi connectivity index (χ3v) is 17.9. The largest absolute Gasteiger partial charge is 0.501 e. The smallest absolute Gasteiger partial charge is 0.489 e. The Kier molecular flexibility index (Phi) is 16.7. The summed E-state index contributed by atoms with van der Waals surface area (Å²) in [6.07, 6.45) is 3.01. The van der Waals surface area contributed by atoms with E-state index in [1.165, 1.54) is 40.6 Å². The van der Waals surface area contributed by atoms with Crippen molar-refractivity contribution in [3.8, 4) is 5.75 Å². The highest BCUT2D eigenvalue weighted by molar-refractivity contribution is 8.07. The topological polar surface area (TPSA) is 158 Å². The lowest BCUT2D eigenvalue weighted by Gasteiger charge is -2.46. The molecule has 3 aliphatic heterocycles. The van der Waals surface area contributed by atoms with Gasteiger partial charge in [0.15, 0.2) is 0 Å². The molecule has 21 heteroatoms. The number of halogens is 4. The van der Waals surface area contributed by atoms with Crippen LogP contribution in [0.3, 0.4) is 0 Å². The van der Waals surface area contributed by atoms with Gasteiger partial charge in [0.05, 0.1) is 23.1 Å². The van der Waals surface area contributed by atoms with Crippen molar-refractivity contribution in [2.75, 3.05) is 86.2 Å². The van der Waals surface area contributed by atoms with Gasteiger partial charge in [-0.15, -0.1) is 11.8 Å². The predicted molar refractivity (Wildman–Crippen MR) is 286 cm³/mol. The predicted octanol–water partition coefficient (Wildman–Crippen LogP) is 10.3. The van der Waals surface area contributed by atoms with Crippen molar-refractivity contribution in [2.45, 2.75) is 93.3 Å². The van der Waals surface area contributed by atoms with Gasteiger partial charge in [-0.05, 0) is 124 Å². The molecule has 1 aliphatic carbocycles. The Morgan fingerprint density at radius 1 is 0.892 bits per heavy atom. The number of nitrogens with one attached hydrogen (secondary N) is 2. The van der Waals surface area contributed by atoms with Gasteiger partial charge >= 0.3 is 21.6 Å². The molecule has 14 nitrogen and oxygen atoms in total. The Morgan fingerprint density at radius 2 is 1.59 bits per heavy atom. The van der Waals surface area contributed by atoms with Crippen molar-refractivity contribution in [3.05, 3.63) is 113 Å². The fourth-order valence-electron chi connectivity index (χ4n) is 9.90. The van der Waals surface area contributed by atoms with Gasteiger partial charge in [0, 0.05) is 86.2 Å². The molecule has 74 heavy (non-hydrogen) atoms. The van der Waals surface area contributed by atoms with Crippen LogP contribution in [0.4, 0.5) is 35.0 Å². The second-order valence-corrected chi connectivity index (χ2v) is 26.1. The number of alkyl halides is 3. The van der Waals surface area contributed by atoms with E-state index in [9.17, 15) is 39.6 Å². The van der Waals surface area contributed by atoms with Crippen LogP contribution in [-0.4, -0.2) is 137 Å². The zero-order chi connectivity index (χ0) is 53.2. The van der Waals surface area contributed by atoms with Gasteiger partial charge in [-0.1, -0.05) is 61.4 Å². The maximum absolute atomic E-state index is 14.4. The number of allylic oxidation sites excluding steroid dienone is 1. The quantitative estimate of drug-likeness (QED) is 0.109. The standard InChI is InChI=1S/C53H64ClF3N6O8S3/c1-51(2,3)71-50(65)62-26-23-60(24-27-62)22-20-41(35-72-43-9-7-6-8-10-43)58-45-17-16-40(30-48(45)73(66,67)53(55,56)57)59-74(68,69)49(64)37-13-18-46-47(29-37)70-34-42-33-61(25-28-63(42)46)32-38-31-52(4,5)21-19-44(38)36-11-14-39(54)15-12-36/h6-18,29-30,41-42,58-59H,19-28,31-35H2,1-5H3/t41-,42+/m1/s1. The average molecular weight is 1100 g/mol. The van der Waals surface area contributed by atoms with Crippen molar-refractivity contribution in [1.82, 2.24) is 14.7 Å². The minimum absolute atomic E-state index is 0.00896. The van der Waals surface area contributed by atoms with Crippen molar-refractivity contribution in [2.24, 2.45) is 5.41 Å². The lowest BCUT2D eigenvalue weighted by molar-refractivity contribution is -0.0435. The van der Waals surface area contributed by atoms with Crippen LogP contribution in [-0.2, 0) is 24.6 Å². The van der Waals surface area contributed by atoms with Gasteiger partial charge in [-0.3, -0.25) is 19.3 Å². The van der Waals surface area contributed by atoms with Crippen LogP contribution >= 0.6 is 23.4 Å². The van der Waals surface area contributed by atoms with Gasteiger partial charge in [-0.25, -0.2) is 13.2 Å². The Hall–Kier alpha value is -4.99. The van der Waals surface area contributed by atoms with Crippen LogP contribution in [0.2, 0.25) is 5.02 Å². The van der Waals surface area contributed by atoms with Crippen molar-refractivity contribution in [1.29, 1.82) is 0 Å². The minimum atomic E-state index is -6.06. The number of piperazine rings is 2. The highest BCUT2D eigenvalue weighted by Gasteiger charge is 2.48. The molecule has 0 radical (unpaired) electrons. The van der Waals surface area contributed by atoms with Crippen LogP contribution in [0.5, 0.6) is 5.75 Å². The number of rotatable bonds is 15. The summed E-state index contributed by atoms with van der Waals surface area (Å²) >= 11 is 7.65. The van der Waals surface area contributed by atoms with Crippen LogP contribution in [0, 0.1) is 5.41 Å². The second kappa shape index (κ2) is 22.3. The fourth-order valence-corrected chi connectivity index (χ4v) is 12.9. The molecule has 2 N–H and O–H groups in total. The third kappa shape index (κ3) is 13.5. The Labute approximate surface area is 441 Å². The first-order valence-electron chi connectivity index (χ1n) is 24.7. The molecular formula is C53H64ClF3N6O8S3. The van der Waals surface area contributed by atoms with E-state index in [0.717, 1.165) is 55.9 Å². The monoisotopic (exact) mass is 1100 g/mol. The molecule has 1 amide bonds. The number of anilines is 3. The molecule has 2 fully saturated rings. The first-order chi connectivity index (χ1) is 34.8. The molecule has 0 unspecified atom stereocenters. The van der Waals surface area contributed by atoms with Gasteiger partial charge in [0.2, 0.25) is 0 Å². The minimum Gasteiger partial charge on any atom is -0.489 e. The molecule has 2 saturated heterocycles. The molecule has 400 valence electrons. The maximum atomic E-state index is 14.4. The molecule has 0 spiro atoms. The van der Waals surface area contributed by atoms with Crippen LogP contribution in [0.15, 0.2) is 106 Å². The van der Waals surface area contributed by atoms with Gasteiger partial charge in [0.25, 0.3) is 15.0 Å². The summed E-state index contributed by atoms with van der Waals surface area (Å²) < 4.78 is 111. The number of hydrogen-bond donors (Lipinski definition) is 2. The van der Waals surface area contributed by atoms with E-state index >= 15 is 0 Å². The van der Waals surface area contributed by atoms with E-state index in [0.29, 0.717) is 74.0 Å². The number of carbonyl (C=O) groups excluding carboxylic acids is 2. The zero-order valence-corrected chi connectivity index (χ0v) is 45.4. The number of carbonyl (C=O) groups is 2. The summed E-state index contributed by atoms with van der Waals surface area (Å²) in [5, 5.41) is 2.34. The molecule has 4 aromatic rings. The Morgan fingerprint density at radius 3 is 2.28 bits per heavy atom. The number of nitrogens with zero attached hydrogens (tertiary/aromatic N) is 4. The number of thioether (sulfide) groups is 1. The summed E-state index contributed by atoms with van der Waals surface area (Å²) in [6, 6.07) is 23.8. The van der Waals surface area contributed by atoms with E-state index in [1.807, 2.05) is 47.2 Å². The molecule has 0 saturated carbocycles. The zero-order valence-electron chi connectivity index (χ0n) is 42.2. The first-order valence-corrected chi connectivity index (χ1v) is 29.1. The van der Waals surface area contributed by atoms with E-state index < -0.39 is 64.5 Å². The molecule has 3 heterocycles.